The molecule has 0 atom stereocenters. The third-order valence-electron chi connectivity index (χ3n) is 7.08. The molecule has 0 amide bonds. The molecule has 0 unspecified atom stereocenters. The van der Waals surface area contributed by atoms with E-state index >= 15 is 0 Å². The van der Waals surface area contributed by atoms with Crippen LogP contribution in [-0.2, 0) is 31.0 Å². The van der Waals surface area contributed by atoms with E-state index in [1.165, 1.54) is 0 Å². The molecule has 38 heavy (non-hydrogen) atoms. The Hall–Kier alpha value is -3.06. The van der Waals surface area contributed by atoms with E-state index in [0.717, 1.165) is 47.0 Å². The fraction of sp³-hybridized carbons (Fsp3) is 0.387. The van der Waals surface area contributed by atoms with Crippen LogP contribution in [0.15, 0.2) is 66.7 Å². The van der Waals surface area contributed by atoms with Crippen molar-refractivity contribution in [3.8, 4) is 22.6 Å². The molecule has 0 N–H and O–H groups in total. The van der Waals surface area contributed by atoms with Gasteiger partial charge in [0.1, 0.15) is 18.1 Å². The highest BCUT2D eigenvalue weighted by molar-refractivity contribution is 6.33. The monoisotopic (exact) mass is 536 g/mol. The van der Waals surface area contributed by atoms with Crippen LogP contribution in [0.4, 0.5) is 0 Å². The van der Waals surface area contributed by atoms with Crippen molar-refractivity contribution in [1.29, 1.82) is 0 Å². The summed E-state index contributed by atoms with van der Waals surface area (Å²) in [6.45, 7) is 7.86. The number of benzene rings is 3. The molecule has 2 aliphatic rings. The quantitative estimate of drug-likeness (QED) is 0.271. The predicted octanol–water partition coefficient (Wildman–Crippen LogP) is 6.22. The Labute approximate surface area is 228 Å². The lowest BCUT2D eigenvalue weighted by Gasteiger charge is -2.41. The number of halogens is 1. The molecule has 0 saturated carbocycles. The Bertz CT molecular complexity index is 1260. The van der Waals surface area contributed by atoms with Gasteiger partial charge in [0.05, 0.1) is 56.5 Å². The van der Waals surface area contributed by atoms with E-state index in [1.807, 2.05) is 67.6 Å². The summed E-state index contributed by atoms with van der Waals surface area (Å²) in [5.74, 6) is 1.32. The maximum Gasteiger partial charge on any atom is 0.306 e. The van der Waals surface area contributed by atoms with E-state index < -0.39 is 0 Å². The minimum atomic E-state index is -0.317. The Morgan fingerprint density at radius 2 is 1.66 bits per heavy atom. The standard InChI is InChI=1S/C31H33ClO6/c1-3-36-29(33)15-31(20-35-21-31)24-7-9-25(10-8-24)37-16-22-5-4-6-23(13-22)27-12-11-26(14-28(27)32)38-19-30(2)17-34-18-30/h4-14H,3,15-21H2,1-2H3. The predicted molar refractivity (Wildman–Crippen MR) is 146 cm³/mol. The number of carbonyl (C=O) groups is 1. The largest absolute Gasteiger partial charge is 0.493 e. The number of hydrogen-bond donors (Lipinski definition) is 0. The van der Waals surface area contributed by atoms with E-state index in [1.54, 1.807) is 0 Å². The minimum absolute atomic E-state index is 0.0788. The first-order chi connectivity index (χ1) is 18.4. The molecule has 2 fully saturated rings. The van der Waals surface area contributed by atoms with E-state index in [-0.39, 0.29) is 16.8 Å². The number of ether oxygens (including phenoxy) is 5. The highest BCUT2D eigenvalue weighted by Crippen LogP contribution is 2.37. The average molecular weight is 537 g/mol. The van der Waals surface area contributed by atoms with Crippen LogP contribution in [0.5, 0.6) is 11.5 Å². The summed E-state index contributed by atoms with van der Waals surface area (Å²) in [5.41, 5.74) is 3.81. The van der Waals surface area contributed by atoms with Crippen LogP contribution in [0.2, 0.25) is 5.02 Å². The van der Waals surface area contributed by atoms with Crippen LogP contribution in [0, 0.1) is 5.41 Å². The second kappa shape index (κ2) is 11.4. The summed E-state index contributed by atoms with van der Waals surface area (Å²) in [6.07, 6.45) is 0.317. The van der Waals surface area contributed by atoms with Crippen molar-refractivity contribution in [3.05, 3.63) is 82.9 Å². The molecule has 2 aliphatic heterocycles. The van der Waals surface area contributed by atoms with E-state index in [9.17, 15) is 4.79 Å². The van der Waals surface area contributed by atoms with E-state index in [0.29, 0.717) is 44.5 Å². The van der Waals surface area contributed by atoms with Crippen LogP contribution in [0.25, 0.3) is 11.1 Å². The fourth-order valence-electron chi connectivity index (χ4n) is 4.72. The van der Waals surface area contributed by atoms with Gasteiger partial charge in [0.15, 0.2) is 0 Å². The summed E-state index contributed by atoms with van der Waals surface area (Å²) < 4.78 is 27.9. The third-order valence-corrected chi connectivity index (χ3v) is 7.40. The van der Waals surface area contributed by atoms with Gasteiger partial charge in [-0.2, -0.15) is 0 Å². The second-order valence-corrected chi connectivity index (χ2v) is 10.9. The van der Waals surface area contributed by atoms with Crippen LogP contribution >= 0.6 is 11.6 Å². The van der Waals surface area contributed by atoms with Crippen molar-refractivity contribution >= 4 is 17.6 Å². The lowest BCUT2D eigenvalue weighted by molar-refractivity contribution is -0.151. The van der Waals surface area contributed by atoms with Gasteiger partial charge in [-0.1, -0.05) is 48.9 Å². The van der Waals surface area contributed by atoms with Gasteiger partial charge >= 0.3 is 5.97 Å². The van der Waals surface area contributed by atoms with Gasteiger partial charge in [-0.15, -0.1) is 0 Å². The number of carbonyl (C=O) groups excluding carboxylic acids is 1. The highest BCUT2D eigenvalue weighted by Gasteiger charge is 2.42. The lowest BCUT2D eigenvalue weighted by Crippen LogP contribution is -2.48. The van der Waals surface area contributed by atoms with Crippen LogP contribution in [0.3, 0.4) is 0 Å². The second-order valence-electron chi connectivity index (χ2n) is 10.5. The third kappa shape index (κ3) is 5.98. The molecule has 7 heteroatoms. The normalized spacial score (nSPS) is 17.1. The van der Waals surface area contributed by atoms with Gasteiger partial charge < -0.3 is 23.7 Å². The average Bonchev–Trinajstić information content (AvgIpc) is 2.88. The maximum atomic E-state index is 12.1. The molecular formula is C31H33ClO6. The first-order valence-electron chi connectivity index (χ1n) is 12.9. The summed E-state index contributed by atoms with van der Waals surface area (Å²) in [7, 11) is 0. The van der Waals surface area contributed by atoms with Gasteiger partial charge in [0.2, 0.25) is 0 Å². The molecule has 0 radical (unpaired) electrons. The van der Waals surface area contributed by atoms with Crippen LogP contribution in [-0.4, -0.2) is 45.6 Å². The molecule has 0 aromatic heterocycles. The smallest absolute Gasteiger partial charge is 0.306 e. The van der Waals surface area contributed by atoms with Gasteiger partial charge in [0.25, 0.3) is 0 Å². The first-order valence-corrected chi connectivity index (χ1v) is 13.3. The molecule has 2 heterocycles. The lowest BCUT2D eigenvalue weighted by atomic mass is 9.76. The van der Waals surface area contributed by atoms with Crippen molar-refractivity contribution in [2.45, 2.75) is 32.3 Å². The molecule has 200 valence electrons. The molecular weight excluding hydrogens is 504 g/mol. The van der Waals surface area contributed by atoms with Crippen molar-refractivity contribution in [2.24, 2.45) is 5.41 Å². The molecule has 3 aromatic carbocycles. The zero-order valence-corrected chi connectivity index (χ0v) is 22.6. The van der Waals surface area contributed by atoms with Crippen molar-refractivity contribution in [3.63, 3.8) is 0 Å². The van der Waals surface area contributed by atoms with Gasteiger partial charge in [-0.25, -0.2) is 0 Å². The Balaban J connectivity index is 1.20. The van der Waals surface area contributed by atoms with E-state index in [4.69, 9.17) is 35.3 Å². The minimum Gasteiger partial charge on any atom is -0.493 e. The molecule has 6 nitrogen and oxygen atoms in total. The Kier molecular flexibility index (Phi) is 7.93. The molecule has 0 spiro atoms. The molecule has 0 bridgehead atoms. The number of hydrogen-bond acceptors (Lipinski definition) is 6. The van der Waals surface area contributed by atoms with Gasteiger partial charge in [-0.3, -0.25) is 4.79 Å². The van der Waals surface area contributed by atoms with Crippen molar-refractivity contribution in [1.82, 2.24) is 0 Å². The summed E-state index contributed by atoms with van der Waals surface area (Å²) >= 11 is 6.63. The van der Waals surface area contributed by atoms with Gasteiger partial charge in [-0.05, 0) is 60.0 Å². The highest BCUT2D eigenvalue weighted by atomic mass is 35.5. The summed E-state index contributed by atoms with van der Waals surface area (Å²) in [5, 5.41) is 0.642. The zero-order valence-electron chi connectivity index (χ0n) is 21.8. The molecule has 2 saturated heterocycles. The van der Waals surface area contributed by atoms with E-state index in [2.05, 4.69) is 13.0 Å². The molecule has 3 aromatic rings. The van der Waals surface area contributed by atoms with Crippen molar-refractivity contribution < 1.29 is 28.5 Å². The summed E-state index contributed by atoms with van der Waals surface area (Å²) in [4.78, 5) is 12.1. The summed E-state index contributed by atoms with van der Waals surface area (Å²) in [6, 6.07) is 21.9. The topological polar surface area (TPSA) is 63.2 Å². The van der Waals surface area contributed by atoms with Gasteiger partial charge in [0, 0.05) is 11.0 Å². The van der Waals surface area contributed by atoms with Crippen LogP contribution in [0.1, 0.15) is 31.4 Å². The number of esters is 1. The van der Waals surface area contributed by atoms with Crippen molar-refractivity contribution in [2.75, 3.05) is 39.6 Å². The Morgan fingerprint density at radius 3 is 2.29 bits per heavy atom. The number of rotatable bonds is 11. The first kappa shape index (κ1) is 26.5. The molecule has 0 aliphatic carbocycles. The maximum absolute atomic E-state index is 12.1. The molecule has 5 rings (SSSR count). The fourth-order valence-corrected chi connectivity index (χ4v) is 5.00. The Morgan fingerprint density at radius 1 is 0.921 bits per heavy atom. The zero-order chi connectivity index (χ0) is 26.6. The van der Waals surface area contributed by atoms with Crippen LogP contribution < -0.4 is 9.47 Å². The SMILES string of the molecule is CCOC(=O)CC1(c2ccc(OCc3cccc(-c4ccc(OCC5(C)COC5)cc4Cl)c3)cc2)COC1.